The Hall–Kier alpha value is -3.24. The number of nitrogens with one attached hydrogen (secondary N) is 1. The number of carbonyl (C=O) groups is 1. The molecule has 1 aliphatic rings. The number of halogens is 2. The van der Waals surface area contributed by atoms with Crippen LogP contribution in [0.2, 0.25) is 10.0 Å². The number of rotatable bonds is 4. The van der Waals surface area contributed by atoms with Crippen LogP contribution >= 0.6 is 23.2 Å². The number of hydrogen-bond donors (Lipinski definition) is 1. The zero-order valence-corrected chi connectivity index (χ0v) is 20.4. The van der Waals surface area contributed by atoms with Gasteiger partial charge in [0.1, 0.15) is 6.73 Å². The van der Waals surface area contributed by atoms with Gasteiger partial charge in [-0.25, -0.2) is 17.7 Å². The fourth-order valence-electron chi connectivity index (χ4n) is 3.69. The Morgan fingerprint density at radius 3 is 2.69 bits per heavy atom. The van der Waals surface area contributed by atoms with Crippen LogP contribution in [0.1, 0.15) is 10.4 Å². The highest BCUT2D eigenvalue weighted by molar-refractivity contribution is 7.92. The van der Waals surface area contributed by atoms with E-state index >= 15 is 0 Å². The quantitative estimate of drug-likeness (QED) is 0.400. The molecule has 0 spiro atoms. The molecule has 2 aromatic carbocycles. The molecule has 5 rings (SSSR count). The van der Waals surface area contributed by atoms with Gasteiger partial charge in [-0.15, -0.1) is 0 Å². The lowest BCUT2D eigenvalue weighted by Crippen LogP contribution is -2.41. The molecule has 4 aromatic rings. The van der Waals surface area contributed by atoms with Gasteiger partial charge in [-0.1, -0.05) is 23.2 Å². The molecule has 178 valence electrons. The van der Waals surface area contributed by atoms with Gasteiger partial charge >= 0.3 is 0 Å². The molecule has 0 atom stereocenters. The summed E-state index contributed by atoms with van der Waals surface area (Å²) in [4.78, 5) is 21.7. The molecule has 1 fully saturated rings. The average Bonchev–Trinajstić information content (AvgIpc) is 2.84. The van der Waals surface area contributed by atoms with Crippen molar-refractivity contribution in [3.05, 3.63) is 82.6 Å². The Labute approximate surface area is 211 Å². The molecule has 0 unspecified atom stereocenters. The van der Waals surface area contributed by atoms with Gasteiger partial charge in [0.25, 0.3) is 5.91 Å². The van der Waals surface area contributed by atoms with E-state index in [2.05, 4.69) is 15.3 Å². The van der Waals surface area contributed by atoms with Gasteiger partial charge in [0.05, 0.1) is 44.9 Å². The third-order valence-electron chi connectivity index (χ3n) is 5.50. The maximum Gasteiger partial charge on any atom is 0.257 e. The van der Waals surface area contributed by atoms with E-state index < -0.39 is 15.9 Å². The van der Waals surface area contributed by atoms with Gasteiger partial charge < -0.3 is 10.1 Å². The van der Waals surface area contributed by atoms with Crippen LogP contribution in [0.5, 0.6) is 0 Å². The third-order valence-corrected chi connectivity index (χ3v) is 7.82. The summed E-state index contributed by atoms with van der Waals surface area (Å²) in [7, 11) is -3.50. The lowest BCUT2D eigenvalue weighted by atomic mass is 10.1. The van der Waals surface area contributed by atoms with Crippen molar-refractivity contribution in [2.45, 2.75) is 0 Å². The van der Waals surface area contributed by atoms with Crippen molar-refractivity contribution in [1.82, 2.24) is 9.97 Å². The van der Waals surface area contributed by atoms with E-state index in [1.807, 2.05) is 18.2 Å². The van der Waals surface area contributed by atoms with Gasteiger partial charge in [0.2, 0.25) is 10.0 Å². The van der Waals surface area contributed by atoms with Crippen molar-refractivity contribution in [2.24, 2.45) is 0 Å². The zero-order valence-electron chi connectivity index (χ0n) is 18.1. The minimum atomic E-state index is -3.50. The Kier molecular flexibility index (Phi) is 6.33. The second-order valence-corrected chi connectivity index (χ2v) is 10.6. The number of pyridine rings is 2. The van der Waals surface area contributed by atoms with Gasteiger partial charge in [0.15, 0.2) is 0 Å². The summed E-state index contributed by atoms with van der Waals surface area (Å²) in [5.41, 5.74) is 3.10. The lowest BCUT2D eigenvalue weighted by Gasteiger charge is -2.28. The second-order valence-electron chi connectivity index (χ2n) is 7.78. The number of anilines is 2. The summed E-state index contributed by atoms with van der Waals surface area (Å²) in [6.45, 7) is 0.0408. The number of amides is 1. The smallest absolute Gasteiger partial charge is 0.257 e. The van der Waals surface area contributed by atoms with E-state index in [1.165, 1.54) is 18.2 Å². The molecule has 11 heteroatoms. The number of ether oxygens (including phenoxy) is 1. The summed E-state index contributed by atoms with van der Waals surface area (Å²) < 4.78 is 31.0. The van der Waals surface area contributed by atoms with Crippen LogP contribution in [-0.4, -0.2) is 43.4 Å². The van der Waals surface area contributed by atoms with Crippen molar-refractivity contribution >= 4 is 61.4 Å². The summed E-state index contributed by atoms with van der Waals surface area (Å²) in [5, 5.41) is 4.31. The highest BCUT2D eigenvalue weighted by Gasteiger charge is 2.27. The minimum absolute atomic E-state index is 0.100. The van der Waals surface area contributed by atoms with Crippen molar-refractivity contribution < 1.29 is 17.9 Å². The minimum Gasteiger partial charge on any atom is -0.359 e. The molecule has 2 aromatic heterocycles. The number of hydrogen-bond acceptors (Lipinski definition) is 6. The van der Waals surface area contributed by atoms with E-state index in [0.717, 1.165) is 15.2 Å². The summed E-state index contributed by atoms with van der Waals surface area (Å²) in [6, 6.07) is 15.1. The van der Waals surface area contributed by atoms with E-state index in [0.29, 0.717) is 27.7 Å². The highest BCUT2D eigenvalue weighted by atomic mass is 35.5. The summed E-state index contributed by atoms with van der Waals surface area (Å²) in [6.07, 6.45) is 3.40. The van der Waals surface area contributed by atoms with Gasteiger partial charge in [-0.3, -0.25) is 9.78 Å². The molecule has 1 aliphatic heterocycles. The van der Waals surface area contributed by atoms with Gasteiger partial charge in [-0.2, -0.15) is 0 Å². The molecule has 35 heavy (non-hydrogen) atoms. The zero-order chi connectivity index (χ0) is 24.6. The fraction of sp³-hybridized carbons (Fsp3) is 0.125. The highest BCUT2D eigenvalue weighted by Crippen LogP contribution is 2.32. The number of benzene rings is 2. The molecule has 1 amide bonds. The number of fused-ring (bicyclic) bond motifs is 1. The first-order chi connectivity index (χ1) is 16.8. The predicted octanol–water partition coefficient (Wildman–Crippen LogP) is 4.98. The first kappa shape index (κ1) is 23.5. The molecular weight excluding hydrogens is 511 g/mol. The predicted molar refractivity (Wildman–Crippen MR) is 136 cm³/mol. The average molecular weight is 529 g/mol. The van der Waals surface area contributed by atoms with Gasteiger partial charge in [0, 0.05) is 29.0 Å². The molecule has 8 nitrogen and oxygen atoms in total. The molecular formula is C24H18Cl2N4O4S. The molecule has 3 heterocycles. The van der Waals surface area contributed by atoms with Crippen LogP contribution in [0.3, 0.4) is 0 Å². The van der Waals surface area contributed by atoms with Gasteiger partial charge in [-0.05, 0) is 54.6 Å². The van der Waals surface area contributed by atoms with Crippen LogP contribution in [-0.2, 0) is 14.8 Å². The first-order valence-corrected chi connectivity index (χ1v) is 12.9. The SMILES string of the molecule is O=C(Nc1ccc(Cl)c(-c2ccc3cnccc3n2)c1)c1ccc(N2COCCS2(=O)=O)cc1Cl. The van der Waals surface area contributed by atoms with Crippen LogP contribution in [0.4, 0.5) is 11.4 Å². The third kappa shape index (κ3) is 4.81. The monoisotopic (exact) mass is 528 g/mol. The standard InChI is InChI=1S/C24H18Cl2N4O4S/c25-20-5-2-16(11-19(20)23-6-1-15-13-27-8-7-22(15)29-23)28-24(31)18-4-3-17(12-21(18)26)30-14-34-9-10-35(30,32)33/h1-8,11-13H,9-10,14H2,(H,28,31). The van der Waals surface area contributed by atoms with Crippen molar-refractivity contribution in [3.8, 4) is 11.3 Å². The first-order valence-electron chi connectivity index (χ1n) is 10.5. The molecule has 0 bridgehead atoms. The van der Waals surface area contributed by atoms with E-state index in [9.17, 15) is 13.2 Å². The van der Waals surface area contributed by atoms with Crippen molar-refractivity contribution in [2.75, 3.05) is 28.7 Å². The largest absolute Gasteiger partial charge is 0.359 e. The molecule has 1 saturated heterocycles. The summed E-state index contributed by atoms with van der Waals surface area (Å²) in [5.74, 6) is -0.570. The lowest BCUT2D eigenvalue weighted by molar-refractivity contribution is 0.102. The maximum atomic E-state index is 12.9. The van der Waals surface area contributed by atoms with E-state index in [-0.39, 0.29) is 29.7 Å². The van der Waals surface area contributed by atoms with Crippen molar-refractivity contribution in [1.29, 1.82) is 0 Å². The molecule has 1 N–H and O–H groups in total. The topological polar surface area (TPSA) is 101 Å². The number of nitrogens with zero attached hydrogens (tertiary/aromatic N) is 3. The maximum absolute atomic E-state index is 12.9. The van der Waals surface area contributed by atoms with Crippen LogP contribution in [0.25, 0.3) is 22.2 Å². The van der Waals surface area contributed by atoms with Crippen LogP contribution in [0.15, 0.2) is 67.0 Å². The Bertz CT molecular complexity index is 1560. The second kappa shape index (κ2) is 9.43. The molecule has 0 aliphatic carbocycles. The number of sulfonamides is 1. The van der Waals surface area contributed by atoms with Crippen LogP contribution < -0.4 is 9.62 Å². The molecule has 0 radical (unpaired) electrons. The number of carbonyl (C=O) groups excluding carboxylic acids is 1. The van der Waals surface area contributed by atoms with Crippen molar-refractivity contribution in [3.63, 3.8) is 0 Å². The Morgan fingerprint density at radius 1 is 1.03 bits per heavy atom. The summed E-state index contributed by atoms with van der Waals surface area (Å²) >= 11 is 12.8. The van der Waals surface area contributed by atoms with E-state index in [1.54, 1.807) is 30.6 Å². The Morgan fingerprint density at radius 2 is 1.89 bits per heavy atom. The fourth-order valence-corrected chi connectivity index (χ4v) is 5.39. The molecule has 0 saturated carbocycles. The number of aromatic nitrogens is 2. The van der Waals surface area contributed by atoms with Crippen LogP contribution in [0, 0.1) is 0 Å². The Balaban J connectivity index is 1.40. The normalized spacial score (nSPS) is 15.2. The van der Waals surface area contributed by atoms with E-state index in [4.69, 9.17) is 27.9 Å².